The summed E-state index contributed by atoms with van der Waals surface area (Å²) in [6, 6.07) is 0.418. The Balaban J connectivity index is 0. The predicted molar refractivity (Wildman–Crippen MR) is 69.4 cm³/mol. The lowest BCUT2D eigenvalue weighted by molar-refractivity contribution is 0.233. The molecule has 0 aliphatic rings. The van der Waals surface area contributed by atoms with Gasteiger partial charge in [-0.2, -0.15) is 8.42 Å². The van der Waals surface area contributed by atoms with Crippen LogP contribution in [0.5, 0.6) is 0 Å². The average Bonchev–Trinajstić information content (AvgIpc) is 2.24. The van der Waals surface area contributed by atoms with Gasteiger partial charge >= 0.3 is 0 Å². The molecular formula is C11H27NO3S. The number of rotatable bonds is 7. The van der Waals surface area contributed by atoms with Crippen molar-refractivity contribution in [2.45, 2.75) is 53.0 Å². The van der Waals surface area contributed by atoms with E-state index in [0.717, 1.165) is 19.3 Å². The van der Waals surface area contributed by atoms with E-state index in [2.05, 4.69) is 13.8 Å². The Labute approximate surface area is 101 Å². The number of hydrogen-bond donors (Lipinski definition) is 1. The summed E-state index contributed by atoms with van der Waals surface area (Å²) in [5.74, 6) is -0.177. The molecule has 0 bridgehead atoms. The highest BCUT2D eigenvalue weighted by Crippen LogP contribution is 2.08. The molecular weight excluding hydrogens is 226 g/mol. The van der Waals surface area contributed by atoms with Crippen LogP contribution in [0.2, 0.25) is 0 Å². The first-order chi connectivity index (χ1) is 7.40. The third-order valence-corrected chi connectivity index (χ3v) is 3.12. The molecule has 5 heteroatoms. The van der Waals surface area contributed by atoms with E-state index in [0.29, 0.717) is 12.6 Å². The van der Waals surface area contributed by atoms with Gasteiger partial charge in [0.05, 0.1) is 5.75 Å². The summed E-state index contributed by atoms with van der Waals surface area (Å²) in [5, 5.41) is 0. The molecule has 1 N–H and O–H groups in total. The first kappa shape index (κ1) is 18.2. The molecule has 0 aliphatic carbocycles. The predicted octanol–water partition coefficient (Wildman–Crippen LogP) is 2.41. The zero-order valence-electron chi connectivity index (χ0n) is 11.2. The zero-order valence-corrected chi connectivity index (χ0v) is 12.0. The maximum absolute atomic E-state index is 10.5. The van der Waals surface area contributed by atoms with Gasteiger partial charge in [0.2, 0.25) is 0 Å². The van der Waals surface area contributed by atoms with E-state index >= 15 is 0 Å². The van der Waals surface area contributed by atoms with Gasteiger partial charge in [0.25, 0.3) is 10.1 Å². The van der Waals surface area contributed by atoms with Gasteiger partial charge in [0, 0.05) is 12.6 Å². The van der Waals surface area contributed by atoms with E-state index in [9.17, 15) is 8.42 Å². The maximum atomic E-state index is 10.5. The molecule has 0 heterocycles. The molecule has 0 saturated heterocycles. The van der Waals surface area contributed by atoms with Crippen LogP contribution in [0.3, 0.4) is 0 Å². The average molecular weight is 253 g/mol. The first-order valence-corrected chi connectivity index (χ1v) is 7.67. The molecule has 0 aromatic heterocycles. The summed E-state index contributed by atoms with van der Waals surface area (Å²) in [6.45, 7) is 8.60. The molecule has 0 rings (SSSR count). The molecule has 0 saturated carbocycles. The molecule has 0 aromatic carbocycles. The zero-order chi connectivity index (χ0) is 13.2. The molecule has 1 atom stereocenters. The monoisotopic (exact) mass is 253 g/mol. The van der Waals surface area contributed by atoms with Gasteiger partial charge in [-0.1, -0.05) is 34.1 Å². The maximum Gasteiger partial charge on any atom is 0.266 e. The molecule has 4 nitrogen and oxygen atoms in total. The van der Waals surface area contributed by atoms with Gasteiger partial charge < -0.3 is 4.90 Å². The van der Waals surface area contributed by atoms with Gasteiger partial charge in [0.15, 0.2) is 0 Å². The fourth-order valence-corrected chi connectivity index (χ4v) is 2.03. The second-order valence-corrected chi connectivity index (χ2v) is 5.19. The number of hydrogen-bond acceptors (Lipinski definition) is 3. The molecule has 0 radical (unpaired) electrons. The Kier molecular flexibility index (Phi) is 11.5. The smallest absolute Gasteiger partial charge is 0.266 e. The summed E-state index contributed by atoms with van der Waals surface area (Å²) >= 11 is 0. The van der Waals surface area contributed by atoms with Crippen LogP contribution < -0.4 is 0 Å². The third kappa shape index (κ3) is 10.4. The van der Waals surface area contributed by atoms with E-state index in [1.807, 2.05) is 25.8 Å². The Hall–Kier alpha value is -0.130. The lowest BCUT2D eigenvalue weighted by atomic mass is 10.1. The van der Waals surface area contributed by atoms with Gasteiger partial charge in [-0.25, -0.2) is 0 Å². The van der Waals surface area contributed by atoms with Crippen molar-refractivity contribution in [2.24, 2.45) is 0 Å². The van der Waals surface area contributed by atoms with E-state index in [-0.39, 0.29) is 5.75 Å². The largest absolute Gasteiger partial charge is 0.302 e. The summed E-state index contributed by atoms with van der Waals surface area (Å²) in [4.78, 5) is 2.00. The standard InChI is InChI=1S/C9H21NO3S.C2H6/c1-4-6-9(5-2)10(3)7-8-14(11,12)13;1-2/h9H,4-8H2,1-3H3,(H,11,12,13);1-2H3. The van der Waals surface area contributed by atoms with Crippen LogP contribution in [-0.4, -0.2) is 43.3 Å². The Morgan fingerprint density at radius 3 is 2.06 bits per heavy atom. The van der Waals surface area contributed by atoms with Crippen molar-refractivity contribution in [3.05, 3.63) is 0 Å². The van der Waals surface area contributed by atoms with Crippen LogP contribution in [0.1, 0.15) is 47.0 Å². The Morgan fingerprint density at radius 2 is 1.75 bits per heavy atom. The van der Waals surface area contributed by atoms with Crippen molar-refractivity contribution in [3.8, 4) is 0 Å². The third-order valence-electron chi connectivity index (χ3n) is 2.42. The lowest BCUT2D eigenvalue weighted by Crippen LogP contribution is -2.34. The van der Waals surface area contributed by atoms with Crippen molar-refractivity contribution >= 4 is 10.1 Å². The fourth-order valence-electron chi connectivity index (χ4n) is 1.51. The summed E-state index contributed by atoms with van der Waals surface area (Å²) in [6.07, 6.45) is 3.17. The minimum Gasteiger partial charge on any atom is -0.302 e. The Morgan fingerprint density at radius 1 is 1.25 bits per heavy atom. The van der Waals surface area contributed by atoms with Crippen LogP contribution in [-0.2, 0) is 10.1 Å². The minimum atomic E-state index is -3.82. The van der Waals surface area contributed by atoms with Crippen LogP contribution in [0.25, 0.3) is 0 Å². The van der Waals surface area contributed by atoms with Crippen molar-refractivity contribution in [1.29, 1.82) is 0 Å². The molecule has 0 aromatic rings. The normalized spacial score (nSPS) is 13.2. The second kappa shape index (κ2) is 10.1. The highest BCUT2D eigenvalue weighted by atomic mass is 32.2. The topological polar surface area (TPSA) is 57.6 Å². The second-order valence-electron chi connectivity index (χ2n) is 3.62. The molecule has 0 spiro atoms. The minimum absolute atomic E-state index is 0.177. The molecule has 100 valence electrons. The summed E-state index contributed by atoms with van der Waals surface area (Å²) in [7, 11) is -1.92. The van der Waals surface area contributed by atoms with E-state index in [1.54, 1.807) is 0 Å². The molecule has 0 aliphatic heterocycles. The molecule has 1 unspecified atom stereocenters. The van der Waals surface area contributed by atoms with Crippen LogP contribution in [0.15, 0.2) is 0 Å². The van der Waals surface area contributed by atoms with Gasteiger partial charge in [-0.05, 0) is 19.9 Å². The van der Waals surface area contributed by atoms with Gasteiger partial charge in [-0.3, -0.25) is 4.55 Å². The van der Waals surface area contributed by atoms with Crippen LogP contribution >= 0.6 is 0 Å². The highest BCUT2D eigenvalue weighted by Gasteiger charge is 2.14. The van der Waals surface area contributed by atoms with Crippen LogP contribution in [0.4, 0.5) is 0 Å². The van der Waals surface area contributed by atoms with Gasteiger partial charge in [0.1, 0.15) is 0 Å². The van der Waals surface area contributed by atoms with Crippen molar-refractivity contribution in [3.63, 3.8) is 0 Å². The molecule has 16 heavy (non-hydrogen) atoms. The highest BCUT2D eigenvalue weighted by molar-refractivity contribution is 7.85. The fraction of sp³-hybridized carbons (Fsp3) is 1.00. The quantitative estimate of drug-likeness (QED) is 0.708. The molecule has 0 amide bonds. The first-order valence-electron chi connectivity index (χ1n) is 6.06. The van der Waals surface area contributed by atoms with Crippen molar-refractivity contribution in [2.75, 3.05) is 19.3 Å². The van der Waals surface area contributed by atoms with Gasteiger partial charge in [-0.15, -0.1) is 0 Å². The van der Waals surface area contributed by atoms with E-state index in [1.165, 1.54) is 0 Å². The molecule has 0 fully saturated rings. The number of nitrogens with zero attached hydrogens (tertiary/aromatic N) is 1. The van der Waals surface area contributed by atoms with E-state index < -0.39 is 10.1 Å². The Bertz CT molecular complexity index is 240. The summed E-state index contributed by atoms with van der Waals surface area (Å²) in [5.41, 5.74) is 0. The van der Waals surface area contributed by atoms with Crippen LogP contribution in [0, 0.1) is 0 Å². The lowest BCUT2D eigenvalue weighted by Gasteiger charge is -2.26. The van der Waals surface area contributed by atoms with Crippen molar-refractivity contribution in [1.82, 2.24) is 4.90 Å². The van der Waals surface area contributed by atoms with E-state index in [4.69, 9.17) is 4.55 Å². The summed E-state index contributed by atoms with van der Waals surface area (Å²) < 4.78 is 29.7. The van der Waals surface area contributed by atoms with Crippen molar-refractivity contribution < 1.29 is 13.0 Å². The SMILES string of the molecule is CC.CCCC(CC)N(C)CCS(=O)(=O)O.